The van der Waals surface area contributed by atoms with Crippen molar-refractivity contribution in [3.63, 3.8) is 0 Å². The molecule has 0 amide bonds. The fourth-order valence-electron chi connectivity index (χ4n) is 0. The molecule has 0 fully saturated rings. The molecule has 0 aliphatic heterocycles. The van der Waals surface area contributed by atoms with Crippen LogP contribution in [0.1, 0.15) is 0 Å². The van der Waals surface area contributed by atoms with Crippen molar-refractivity contribution in [2.75, 3.05) is 0 Å². The molecular formula is H6CeIN7O18. The van der Waals surface area contributed by atoms with Gasteiger partial charge in [0.15, 0.2) is 0 Å². The molecule has 0 atom stereocenters. The first-order chi connectivity index (χ1) is 10.4. The summed E-state index contributed by atoms with van der Waals surface area (Å²) in [6.07, 6.45) is 0. The second kappa shape index (κ2) is 49.5. The Kier molecular flexibility index (Phi) is 103. The van der Waals surface area contributed by atoms with Gasteiger partial charge in [-0.2, -0.15) is 0 Å². The van der Waals surface area contributed by atoms with Crippen molar-refractivity contribution in [3.8, 4) is 0 Å². The van der Waals surface area contributed by atoms with Gasteiger partial charge >= 0.3 is 41.7 Å². The summed E-state index contributed by atoms with van der Waals surface area (Å²) in [7, 11) is 0. The van der Waals surface area contributed by atoms with Gasteiger partial charge in [0.2, 0.25) is 24.0 Å². The van der Waals surface area contributed by atoms with E-state index in [0.717, 1.165) is 0 Å². The normalized spacial score (nSPS) is 5.33. The van der Waals surface area contributed by atoms with E-state index < -0.39 is 30.5 Å². The predicted octanol–water partition coefficient (Wildman–Crippen LogP) is -4.59. The Labute approximate surface area is 193 Å². The third-order valence-corrected chi connectivity index (χ3v) is 0. The topological polar surface area (TPSA) is 434 Å². The predicted molar refractivity (Wildman–Crippen MR) is 70.9 cm³/mol. The zero-order valence-corrected chi connectivity index (χ0v) is 17.7. The van der Waals surface area contributed by atoms with E-state index in [4.69, 9.17) is 91.9 Å². The average Bonchev–Trinajstić information content (AvgIpc) is 2.08. The van der Waals surface area contributed by atoms with E-state index >= 15 is 0 Å². The van der Waals surface area contributed by atoms with Gasteiger partial charge in [0, 0.05) is 0 Å². The zero-order valence-electron chi connectivity index (χ0n) is 12.0. The molecule has 0 aliphatic carbocycles. The number of hydrogen-bond acceptors (Lipinski definition) is 18. The molecule has 0 aromatic carbocycles. The van der Waals surface area contributed by atoms with E-state index in [-0.39, 0.29) is 71.9 Å². The number of rotatable bonds is 0. The minimum Gasteiger partial charge on any atom is -0.369 e. The Morgan fingerprint density at radius 3 is 0.333 bits per heavy atom. The van der Waals surface area contributed by atoms with Gasteiger partial charge in [0.1, 0.15) is 0 Å². The monoisotopic (exact) mass is 659 g/mol. The molecule has 0 aromatic rings. The fraction of sp³-hybridized carbons (Fsp3) is 0. The van der Waals surface area contributed by atoms with Gasteiger partial charge in [-0.25, -0.2) is 0 Å². The van der Waals surface area contributed by atoms with E-state index in [1.54, 1.807) is 0 Å². The maximum absolute atomic E-state index is 8.25. The van der Waals surface area contributed by atoms with Crippen LogP contribution in [0.2, 0.25) is 0 Å². The summed E-state index contributed by atoms with van der Waals surface area (Å²) in [5, 5.41) is 88.5. The van der Waals surface area contributed by atoms with Crippen molar-refractivity contribution in [1.29, 1.82) is 0 Å². The quantitative estimate of drug-likeness (QED) is 0.145. The summed E-state index contributed by atoms with van der Waals surface area (Å²) in [5.41, 5.74) is 0. The first-order valence-electron chi connectivity index (χ1n) is 3.29. The third-order valence-electron chi connectivity index (χ3n) is 0. The minimum atomic E-state index is -1.75. The Bertz CT molecular complexity index is 265. The van der Waals surface area contributed by atoms with Gasteiger partial charge in [-0.1, -0.05) is 0 Å². The van der Waals surface area contributed by atoms with Crippen LogP contribution < -0.4 is 30.1 Å². The fourth-order valence-corrected chi connectivity index (χ4v) is 0. The molecule has 0 spiro atoms. The van der Waals surface area contributed by atoms with Gasteiger partial charge in [0.05, 0.1) is 30.5 Å². The third kappa shape index (κ3) is 1410. The second-order valence-electron chi connectivity index (χ2n) is 1.34. The SMILES string of the molecule is O=[N+]([O-])[O-].O=[N+]([O-])[O-].O=[N+]([O-])[O-].O=[N+]([O-])[O-].O=[N+]([O-])[O-].O=[N+]([O-])[O-].[Ce+4].[IH2+].[NH4+]. The Morgan fingerprint density at radius 1 is 0.333 bits per heavy atom. The molecule has 0 aliphatic rings. The summed E-state index contributed by atoms with van der Waals surface area (Å²) in [6, 6.07) is 0. The molecule has 0 bridgehead atoms. The first kappa shape index (κ1) is 56.4. The number of halogens is 1. The average molecular weight is 659 g/mol. The van der Waals surface area contributed by atoms with Crippen molar-refractivity contribution in [1.82, 2.24) is 6.15 Å². The number of nitrogens with zero attached hydrogens (tertiary/aromatic N) is 6. The van der Waals surface area contributed by atoms with Crippen LogP contribution in [0.15, 0.2) is 0 Å². The Hall–Kier alpha value is -2.73. The molecular weight excluding hydrogens is 653 g/mol. The van der Waals surface area contributed by atoms with E-state index in [0.29, 0.717) is 0 Å². The summed E-state index contributed by atoms with van der Waals surface area (Å²) < 4.78 is 0. The van der Waals surface area contributed by atoms with Crippen LogP contribution in [0.5, 0.6) is 0 Å². The van der Waals surface area contributed by atoms with Crippen molar-refractivity contribution >= 4 is 0 Å². The van der Waals surface area contributed by atoms with Gasteiger partial charge in [-0.15, -0.1) is 0 Å². The maximum atomic E-state index is 8.25. The Balaban J connectivity index is -0.0000000201. The van der Waals surface area contributed by atoms with Gasteiger partial charge in [0.25, 0.3) is 0 Å². The van der Waals surface area contributed by atoms with Crippen LogP contribution in [-0.2, 0) is 0 Å². The molecule has 27 heteroatoms. The molecule has 4 N–H and O–H groups in total. The van der Waals surface area contributed by atoms with Crippen LogP contribution in [-0.4, -0.2) is 30.5 Å². The second-order valence-corrected chi connectivity index (χ2v) is 1.34. The smallest absolute Gasteiger partial charge is 0.369 e. The summed E-state index contributed by atoms with van der Waals surface area (Å²) in [6.45, 7) is 0. The van der Waals surface area contributed by atoms with E-state index in [1.807, 2.05) is 0 Å². The summed E-state index contributed by atoms with van der Waals surface area (Å²) in [4.78, 5) is 49.5. The molecule has 0 radical (unpaired) electrons. The number of quaternary nitrogens is 1. The van der Waals surface area contributed by atoms with Crippen molar-refractivity contribution in [2.24, 2.45) is 0 Å². The van der Waals surface area contributed by atoms with Crippen LogP contribution >= 0.6 is 0 Å². The van der Waals surface area contributed by atoms with Crippen LogP contribution in [0.25, 0.3) is 0 Å². The molecule has 25 nitrogen and oxygen atoms in total. The van der Waals surface area contributed by atoms with Gasteiger partial charge in [-0.05, 0) is 0 Å². The largest absolute Gasteiger partial charge is 4.00 e. The molecule has 160 valence electrons. The van der Waals surface area contributed by atoms with Crippen LogP contribution in [0.3, 0.4) is 0 Å². The van der Waals surface area contributed by atoms with E-state index in [9.17, 15) is 0 Å². The minimum absolute atomic E-state index is 0. The van der Waals surface area contributed by atoms with Crippen molar-refractivity contribution in [3.05, 3.63) is 91.9 Å². The Morgan fingerprint density at radius 2 is 0.333 bits per heavy atom. The molecule has 0 aromatic heterocycles. The van der Waals surface area contributed by atoms with Crippen LogP contribution in [0.4, 0.5) is 0 Å². The maximum Gasteiger partial charge on any atom is 4.00 e. The van der Waals surface area contributed by atoms with Crippen molar-refractivity contribution in [2.45, 2.75) is 0 Å². The molecule has 0 saturated heterocycles. The summed E-state index contributed by atoms with van der Waals surface area (Å²) >= 11 is 0. The van der Waals surface area contributed by atoms with Crippen molar-refractivity contribution < 1.29 is 96.2 Å². The first-order valence-corrected chi connectivity index (χ1v) is 3.29. The van der Waals surface area contributed by atoms with E-state index in [2.05, 4.69) is 0 Å². The molecule has 0 unspecified atom stereocenters. The van der Waals surface area contributed by atoms with E-state index in [1.165, 1.54) is 0 Å². The van der Waals surface area contributed by atoms with Gasteiger partial charge < -0.3 is 98.1 Å². The van der Waals surface area contributed by atoms with Gasteiger partial charge in [-0.3, -0.25) is 0 Å². The number of hydrogen-bond donors (Lipinski definition) is 1. The summed E-state index contributed by atoms with van der Waals surface area (Å²) in [5.74, 6) is 0. The zero-order chi connectivity index (χ0) is 21.5. The molecule has 0 heterocycles. The molecule has 27 heavy (non-hydrogen) atoms. The standard InChI is InChI=1S/Ce.H2I.6NO3.H3N/c;;6*2-1(3)4;/h;1H2;;;;;;;1H3/q+4;+1;6*-1;/p+1. The molecule has 0 saturated carbocycles. The van der Waals surface area contributed by atoms with Crippen LogP contribution in [0, 0.1) is 134 Å². The molecule has 0 rings (SSSR count).